The van der Waals surface area contributed by atoms with E-state index in [4.69, 9.17) is 28.1 Å². The topological polar surface area (TPSA) is 275 Å². The van der Waals surface area contributed by atoms with Gasteiger partial charge in [0, 0.05) is 24.6 Å². The summed E-state index contributed by atoms with van der Waals surface area (Å²) in [6, 6.07) is 7.43. The van der Waals surface area contributed by atoms with Crippen LogP contribution in [0.3, 0.4) is 0 Å². The summed E-state index contributed by atoms with van der Waals surface area (Å²) in [5.41, 5.74) is -0.931. The summed E-state index contributed by atoms with van der Waals surface area (Å²) in [6.07, 6.45) is -17.7. The summed E-state index contributed by atoms with van der Waals surface area (Å²) < 4.78 is 33.0. The highest BCUT2D eigenvalue weighted by Gasteiger charge is 2.51. The van der Waals surface area contributed by atoms with E-state index in [9.17, 15) is 55.5 Å². The number of phenols is 3. The number of fused-ring (bicyclic) bond motifs is 1. The Hall–Kier alpha value is -4.04. The second-order valence-electron chi connectivity index (χ2n) is 10.7. The summed E-state index contributed by atoms with van der Waals surface area (Å²) in [4.78, 5) is 24.1. The fourth-order valence-electron chi connectivity index (χ4n) is 5.08. The summed E-state index contributed by atoms with van der Waals surface area (Å²) in [5, 5.41) is 93.3. The fraction of sp³-hybridized carbons (Fsp3) is 0.448. The molecule has 10 atom stereocenters. The molecule has 3 aromatic rings. The Labute approximate surface area is 258 Å². The van der Waals surface area contributed by atoms with Gasteiger partial charge in [-0.05, 0) is 24.3 Å². The van der Waals surface area contributed by atoms with E-state index in [0.717, 1.165) is 19.1 Å². The quantitative estimate of drug-likeness (QED) is 0.0954. The third-order valence-electron chi connectivity index (χ3n) is 7.55. The Morgan fingerprint density at radius 2 is 1.50 bits per heavy atom. The maximum atomic E-state index is 12.9. The molecular weight excluding hydrogens is 620 g/mol. The van der Waals surface area contributed by atoms with Crippen LogP contribution in [0.4, 0.5) is 0 Å². The van der Waals surface area contributed by atoms with Crippen LogP contribution in [0.15, 0.2) is 45.6 Å². The minimum Gasteiger partial charge on any atom is -0.508 e. The number of carbonyl (C=O) groups is 1. The molecule has 2 aromatic carbocycles. The molecule has 3 heterocycles. The number of ether oxygens (including phenoxy) is 5. The number of rotatable bonds is 8. The summed E-state index contributed by atoms with van der Waals surface area (Å²) in [6.45, 7) is -0.298. The molecule has 17 nitrogen and oxygen atoms in total. The Balaban J connectivity index is 1.49. The molecule has 250 valence electrons. The van der Waals surface area contributed by atoms with E-state index in [0.29, 0.717) is 5.56 Å². The molecule has 5 rings (SSSR count). The molecular formula is C29H32O17. The number of benzene rings is 2. The molecule has 0 spiro atoms. The van der Waals surface area contributed by atoms with Gasteiger partial charge in [-0.3, -0.25) is 9.59 Å². The molecule has 4 unspecified atom stereocenters. The minimum atomic E-state index is -1.95. The van der Waals surface area contributed by atoms with Gasteiger partial charge in [-0.15, -0.1) is 0 Å². The third kappa shape index (κ3) is 6.45. The number of phenolic OH excluding ortho intramolecular Hbond substituents is 3. The van der Waals surface area contributed by atoms with Gasteiger partial charge in [0.2, 0.25) is 12.0 Å². The van der Waals surface area contributed by atoms with Crippen LogP contribution < -0.4 is 10.2 Å². The Morgan fingerprint density at radius 3 is 2.15 bits per heavy atom. The largest absolute Gasteiger partial charge is 0.508 e. The first-order valence-corrected chi connectivity index (χ1v) is 13.9. The minimum absolute atomic E-state index is 0.0501. The maximum absolute atomic E-state index is 12.9. The number of hydrogen-bond donors (Lipinski definition) is 9. The van der Waals surface area contributed by atoms with Gasteiger partial charge >= 0.3 is 5.97 Å². The second-order valence-corrected chi connectivity index (χ2v) is 10.7. The molecule has 9 N–H and O–H groups in total. The normalized spacial score (nSPS) is 31.5. The number of esters is 1. The maximum Gasteiger partial charge on any atom is 0.302 e. The molecule has 17 heteroatoms. The lowest BCUT2D eigenvalue weighted by atomic mass is 9.97. The van der Waals surface area contributed by atoms with Gasteiger partial charge < -0.3 is 74.1 Å². The highest BCUT2D eigenvalue weighted by atomic mass is 16.8. The van der Waals surface area contributed by atoms with E-state index in [2.05, 4.69) is 0 Å². The molecule has 0 radical (unpaired) electrons. The molecule has 0 aliphatic carbocycles. The van der Waals surface area contributed by atoms with Crippen molar-refractivity contribution >= 4 is 16.9 Å². The van der Waals surface area contributed by atoms with Crippen LogP contribution in [-0.2, 0) is 23.7 Å². The predicted molar refractivity (Wildman–Crippen MR) is 149 cm³/mol. The first-order valence-electron chi connectivity index (χ1n) is 13.9. The van der Waals surface area contributed by atoms with Crippen LogP contribution in [0.5, 0.6) is 23.0 Å². The monoisotopic (exact) mass is 652 g/mol. The van der Waals surface area contributed by atoms with E-state index in [-0.39, 0.29) is 11.5 Å². The lowest BCUT2D eigenvalue weighted by Crippen LogP contribution is -2.65. The van der Waals surface area contributed by atoms with Gasteiger partial charge in [-0.1, -0.05) is 0 Å². The standard InChI is InChI=1S/C29H32O17/c1-10(31)41-9-18-21(36)23(38)25(40)28(45-18)46-27-24(39)20(35)17(8-30)44-29(27)43-16-7-14(34)19-13(33)6-15(42-26(19)22(16)37)11-2-4-12(32)5-3-11/h2-7,17-18,20-21,23-25,27-30,32,34-40H,8-9H2,1H3/t17?,18?,20-,21-,23+,24+,25?,27?,28+,29-/m1/s1. The van der Waals surface area contributed by atoms with Crippen LogP contribution in [0.1, 0.15) is 6.92 Å². The zero-order valence-electron chi connectivity index (χ0n) is 23.9. The van der Waals surface area contributed by atoms with Crippen molar-refractivity contribution in [1.82, 2.24) is 0 Å². The SMILES string of the molecule is CC(=O)OCC1O[C@@H](OC2[C@H](Oc3cc(O)c4c(=O)cc(-c5ccc(O)cc5)oc4c3O)OC(CO)[C@@H](O)[C@@H]2O)C(O)[C@@H](O)[C@@H]1O. The number of hydrogen-bond acceptors (Lipinski definition) is 17. The van der Waals surface area contributed by atoms with Crippen LogP contribution in [0, 0.1) is 0 Å². The van der Waals surface area contributed by atoms with Crippen molar-refractivity contribution in [2.45, 2.75) is 68.3 Å². The lowest BCUT2D eigenvalue weighted by Gasteiger charge is -2.45. The number of carbonyl (C=O) groups excluding carboxylic acids is 1. The van der Waals surface area contributed by atoms with E-state index in [1.165, 1.54) is 24.3 Å². The third-order valence-corrected chi connectivity index (χ3v) is 7.55. The lowest BCUT2D eigenvalue weighted by molar-refractivity contribution is -0.358. The van der Waals surface area contributed by atoms with Crippen LogP contribution in [0.25, 0.3) is 22.3 Å². The van der Waals surface area contributed by atoms with Crippen molar-refractivity contribution in [2.75, 3.05) is 13.2 Å². The average molecular weight is 653 g/mol. The average Bonchev–Trinajstić information content (AvgIpc) is 3.02. The van der Waals surface area contributed by atoms with Crippen LogP contribution in [-0.4, -0.2) is 127 Å². The van der Waals surface area contributed by atoms with Crippen LogP contribution in [0.2, 0.25) is 0 Å². The van der Waals surface area contributed by atoms with Gasteiger partial charge in [0.05, 0.1) is 6.61 Å². The Kier molecular flexibility index (Phi) is 9.68. The Morgan fingerprint density at radius 1 is 0.848 bits per heavy atom. The van der Waals surface area contributed by atoms with Crippen LogP contribution >= 0.6 is 0 Å². The zero-order chi connectivity index (χ0) is 33.4. The smallest absolute Gasteiger partial charge is 0.302 e. The zero-order valence-corrected chi connectivity index (χ0v) is 23.9. The highest BCUT2D eigenvalue weighted by molar-refractivity contribution is 5.91. The van der Waals surface area contributed by atoms with Crippen molar-refractivity contribution in [1.29, 1.82) is 0 Å². The first-order chi connectivity index (χ1) is 21.8. The molecule has 2 aliphatic rings. The molecule has 0 bridgehead atoms. The molecule has 1 aromatic heterocycles. The first kappa shape index (κ1) is 33.3. The van der Waals surface area contributed by atoms with Crippen molar-refractivity contribution in [3.8, 4) is 34.3 Å². The van der Waals surface area contributed by atoms with Gasteiger partial charge in [-0.25, -0.2) is 0 Å². The Bertz CT molecular complexity index is 1610. The van der Waals surface area contributed by atoms with Gasteiger partial charge in [0.15, 0.2) is 29.2 Å². The van der Waals surface area contributed by atoms with Gasteiger partial charge in [-0.2, -0.15) is 0 Å². The van der Waals surface area contributed by atoms with E-state index < -0.39 is 114 Å². The summed E-state index contributed by atoms with van der Waals surface area (Å²) in [7, 11) is 0. The van der Waals surface area contributed by atoms with Crippen molar-refractivity contribution in [2.24, 2.45) is 0 Å². The number of aliphatic hydroxyl groups is 6. The predicted octanol–water partition coefficient (Wildman–Crippen LogP) is -1.85. The fourth-order valence-corrected chi connectivity index (χ4v) is 5.08. The second kappa shape index (κ2) is 13.4. The highest BCUT2D eigenvalue weighted by Crippen LogP contribution is 2.42. The molecule has 46 heavy (non-hydrogen) atoms. The van der Waals surface area contributed by atoms with Gasteiger partial charge in [0.1, 0.15) is 72.0 Å². The van der Waals surface area contributed by atoms with E-state index in [1.54, 1.807) is 0 Å². The summed E-state index contributed by atoms with van der Waals surface area (Å²) >= 11 is 0. The molecule has 2 fully saturated rings. The number of aliphatic hydroxyl groups excluding tert-OH is 6. The molecule has 0 amide bonds. The van der Waals surface area contributed by atoms with Crippen molar-refractivity contribution < 1.29 is 78.9 Å². The molecule has 2 saturated heterocycles. The summed E-state index contributed by atoms with van der Waals surface area (Å²) in [5.74, 6) is -2.94. The van der Waals surface area contributed by atoms with E-state index in [1.807, 2.05) is 0 Å². The van der Waals surface area contributed by atoms with Gasteiger partial charge in [0.25, 0.3) is 0 Å². The molecule has 0 saturated carbocycles. The van der Waals surface area contributed by atoms with Crippen molar-refractivity contribution in [3.63, 3.8) is 0 Å². The number of aromatic hydroxyl groups is 3. The molecule has 2 aliphatic heterocycles. The van der Waals surface area contributed by atoms with Crippen molar-refractivity contribution in [3.05, 3.63) is 46.6 Å². The van der Waals surface area contributed by atoms with E-state index >= 15 is 0 Å².